The van der Waals surface area contributed by atoms with E-state index in [2.05, 4.69) is 20.0 Å². The Morgan fingerprint density at radius 3 is 2.96 bits per heavy atom. The standard InChI is InChI=1S/C16H22N4O2S/c1-10-18-15(22-19-10)14-6-12(21-2)8-20(14)9-13-7-17-16(23-13)11-4-3-5-11/h7,11-12,14H,3-6,8-9H2,1-2H3/t12-,14-/m1/s1. The van der Waals surface area contributed by atoms with Gasteiger partial charge in [-0.1, -0.05) is 11.6 Å². The summed E-state index contributed by atoms with van der Waals surface area (Å²) in [6.07, 6.45) is 7.09. The average Bonchev–Trinajstić information content (AvgIpc) is 3.18. The number of methoxy groups -OCH3 is 1. The van der Waals surface area contributed by atoms with Gasteiger partial charge in [0.2, 0.25) is 5.89 Å². The maximum Gasteiger partial charge on any atom is 0.244 e. The van der Waals surface area contributed by atoms with Crippen molar-refractivity contribution in [3.63, 3.8) is 0 Å². The molecule has 4 rings (SSSR count). The van der Waals surface area contributed by atoms with Crippen LogP contribution in [0.2, 0.25) is 0 Å². The first-order valence-corrected chi connectivity index (χ1v) is 9.06. The lowest BCUT2D eigenvalue weighted by Crippen LogP contribution is -2.24. The van der Waals surface area contributed by atoms with Gasteiger partial charge < -0.3 is 9.26 Å². The molecule has 2 aromatic rings. The van der Waals surface area contributed by atoms with E-state index in [4.69, 9.17) is 9.26 Å². The van der Waals surface area contributed by atoms with Crippen LogP contribution in [-0.2, 0) is 11.3 Å². The molecule has 0 aromatic carbocycles. The van der Waals surface area contributed by atoms with Gasteiger partial charge in [-0.15, -0.1) is 11.3 Å². The molecule has 0 radical (unpaired) electrons. The molecular formula is C16H22N4O2S. The summed E-state index contributed by atoms with van der Waals surface area (Å²) in [5, 5.41) is 5.24. The highest BCUT2D eigenvalue weighted by Gasteiger charge is 2.37. The van der Waals surface area contributed by atoms with Crippen LogP contribution in [0.4, 0.5) is 0 Å². The summed E-state index contributed by atoms with van der Waals surface area (Å²) in [4.78, 5) is 12.7. The van der Waals surface area contributed by atoms with Gasteiger partial charge in [0.1, 0.15) is 0 Å². The smallest absolute Gasteiger partial charge is 0.244 e. The highest BCUT2D eigenvalue weighted by Crippen LogP contribution is 2.39. The highest BCUT2D eigenvalue weighted by atomic mass is 32.1. The van der Waals surface area contributed by atoms with Crippen LogP contribution in [0, 0.1) is 6.92 Å². The van der Waals surface area contributed by atoms with Crippen LogP contribution in [0.15, 0.2) is 10.7 Å². The van der Waals surface area contributed by atoms with Gasteiger partial charge in [-0.2, -0.15) is 4.98 Å². The summed E-state index contributed by atoms with van der Waals surface area (Å²) in [5.41, 5.74) is 0. The van der Waals surface area contributed by atoms with Crippen LogP contribution in [0.25, 0.3) is 0 Å². The molecule has 0 N–H and O–H groups in total. The number of thiazole rings is 1. The number of aryl methyl sites for hydroxylation is 1. The number of rotatable bonds is 5. The summed E-state index contributed by atoms with van der Waals surface area (Å²) in [7, 11) is 1.77. The predicted molar refractivity (Wildman–Crippen MR) is 86.3 cm³/mol. The first-order valence-electron chi connectivity index (χ1n) is 8.24. The Bertz CT molecular complexity index is 667. The van der Waals surface area contributed by atoms with Crippen LogP contribution < -0.4 is 0 Å². The van der Waals surface area contributed by atoms with Crippen molar-refractivity contribution < 1.29 is 9.26 Å². The third-order valence-electron chi connectivity index (χ3n) is 4.91. The molecule has 3 heterocycles. The van der Waals surface area contributed by atoms with Crippen molar-refractivity contribution in [1.82, 2.24) is 20.0 Å². The molecule has 6 nitrogen and oxygen atoms in total. The van der Waals surface area contributed by atoms with Gasteiger partial charge >= 0.3 is 0 Å². The average molecular weight is 334 g/mol. The quantitative estimate of drug-likeness (QED) is 0.837. The van der Waals surface area contributed by atoms with Crippen LogP contribution in [0.3, 0.4) is 0 Å². The van der Waals surface area contributed by atoms with Crippen LogP contribution >= 0.6 is 11.3 Å². The molecule has 0 bridgehead atoms. The largest absolute Gasteiger partial charge is 0.380 e. The number of hydrogen-bond donors (Lipinski definition) is 0. The Hall–Kier alpha value is -1.31. The minimum Gasteiger partial charge on any atom is -0.380 e. The molecule has 2 aromatic heterocycles. The topological polar surface area (TPSA) is 64.3 Å². The van der Waals surface area contributed by atoms with E-state index in [0.717, 1.165) is 19.5 Å². The molecule has 2 atom stereocenters. The molecule has 23 heavy (non-hydrogen) atoms. The number of nitrogens with zero attached hydrogens (tertiary/aromatic N) is 4. The van der Waals surface area contributed by atoms with E-state index < -0.39 is 0 Å². The first kappa shape index (κ1) is 15.2. The molecule has 0 amide bonds. The Kier molecular flexibility index (Phi) is 4.17. The number of aromatic nitrogens is 3. The molecule has 1 saturated heterocycles. The number of ether oxygens (including phenoxy) is 1. The number of hydrogen-bond acceptors (Lipinski definition) is 7. The first-order chi connectivity index (χ1) is 11.2. The fraction of sp³-hybridized carbons (Fsp3) is 0.688. The maximum atomic E-state index is 5.56. The fourth-order valence-electron chi connectivity index (χ4n) is 3.35. The zero-order valence-corrected chi connectivity index (χ0v) is 14.4. The monoisotopic (exact) mass is 334 g/mol. The zero-order valence-electron chi connectivity index (χ0n) is 13.6. The molecule has 1 aliphatic carbocycles. The van der Waals surface area contributed by atoms with Crippen molar-refractivity contribution >= 4 is 11.3 Å². The lowest BCUT2D eigenvalue weighted by Gasteiger charge is -2.22. The van der Waals surface area contributed by atoms with Crippen LogP contribution in [0.1, 0.15) is 59.2 Å². The molecule has 2 aliphatic rings. The van der Waals surface area contributed by atoms with Gasteiger partial charge in [0.05, 0.1) is 17.2 Å². The summed E-state index contributed by atoms with van der Waals surface area (Å²) in [5.74, 6) is 2.09. The van der Waals surface area contributed by atoms with E-state index in [0.29, 0.717) is 17.6 Å². The molecule has 0 spiro atoms. The molecule has 124 valence electrons. The second-order valence-electron chi connectivity index (χ2n) is 6.51. The molecule has 1 aliphatic heterocycles. The lowest BCUT2D eigenvalue weighted by atomic mass is 9.86. The van der Waals surface area contributed by atoms with Crippen molar-refractivity contribution in [3.05, 3.63) is 27.8 Å². The number of likely N-dealkylation sites (tertiary alicyclic amines) is 1. The zero-order chi connectivity index (χ0) is 15.8. The Morgan fingerprint density at radius 2 is 2.30 bits per heavy atom. The van der Waals surface area contributed by atoms with E-state index in [-0.39, 0.29) is 12.1 Å². The normalized spacial score (nSPS) is 25.8. The van der Waals surface area contributed by atoms with Gasteiger partial charge in [0.15, 0.2) is 5.82 Å². The third-order valence-corrected chi connectivity index (χ3v) is 6.06. The summed E-state index contributed by atoms with van der Waals surface area (Å²) >= 11 is 1.85. The van der Waals surface area contributed by atoms with Crippen LogP contribution in [0.5, 0.6) is 0 Å². The Labute approximate surface area is 139 Å². The Morgan fingerprint density at radius 1 is 1.43 bits per heavy atom. The second-order valence-corrected chi connectivity index (χ2v) is 7.66. The molecule has 7 heteroatoms. The predicted octanol–water partition coefficient (Wildman–Crippen LogP) is 3.06. The molecule has 1 saturated carbocycles. The van der Waals surface area contributed by atoms with Gasteiger partial charge in [0, 0.05) is 37.2 Å². The summed E-state index contributed by atoms with van der Waals surface area (Å²) in [6.45, 7) is 3.61. The highest BCUT2D eigenvalue weighted by molar-refractivity contribution is 7.11. The van der Waals surface area contributed by atoms with Crippen molar-refractivity contribution in [2.24, 2.45) is 0 Å². The van der Waals surface area contributed by atoms with Crippen molar-refractivity contribution in [1.29, 1.82) is 0 Å². The van der Waals surface area contributed by atoms with Crippen molar-refractivity contribution in [2.75, 3.05) is 13.7 Å². The summed E-state index contributed by atoms with van der Waals surface area (Å²) in [6, 6.07) is 0.135. The van der Waals surface area contributed by atoms with Gasteiger partial charge in [-0.05, 0) is 26.2 Å². The van der Waals surface area contributed by atoms with E-state index in [1.54, 1.807) is 7.11 Å². The Balaban J connectivity index is 1.49. The van der Waals surface area contributed by atoms with Gasteiger partial charge in [0.25, 0.3) is 0 Å². The fourth-order valence-corrected chi connectivity index (χ4v) is 4.46. The van der Waals surface area contributed by atoms with Gasteiger partial charge in [-0.25, -0.2) is 4.98 Å². The minimum atomic E-state index is 0.135. The third kappa shape index (κ3) is 3.05. The molecule has 2 fully saturated rings. The van der Waals surface area contributed by atoms with E-state index in [1.165, 1.54) is 29.1 Å². The second kappa shape index (κ2) is 6.30. The van der Waals surface area contributed by atoms with Crippen LogP contribution in [-0.4, -0.2) is 39.8 Å². The lowest BCUT2D eigenvalue weighted by molar-refractivity contribution is 0.107. The maximum absolute atomic E-state index is 5.56. The molecule has 0 unspecified atom stereocenters. The van der Waals surface area contributed by atoms with E-state index in [9.17, 15) is 0 Å². The summed E-state index contributed by atoms with van der Waals surface area (Å²) < 4.78 is 11.0. The van der Waals surface area contributed by atoms with Crippen molar-refractivity contribution in [3.8, 4) is 0 Å². The van der Waals surface area contributed by atoms with Gasteiger partial charge in [-0.3, -0.25) is 4.90 Å². The van der Waals surface area contributed by atoms with E-state index in [1.807, 2.05) is 24.5 Å². The minimum absolute atomic E-state index is 0.135. The molecular weight excluding hydrogens is 312 g/mol. The van der Waals surface area contributed by atoms with Crippen molar-refractivity contribution in [2.45, 2.75) is 57.2 Å². The SMILES string of the molecule is CO[C@@H]1C[C@H](c2nc(C)no2)N(Cc2cnc(C3CCC3)s2)C1. The van der Waals surface area contributed by atoms with E-state index >= 15 is 0 Å².